The molecule has 0 saturated heterocycles. The van der Waals surface area contributed by atoms with Crippen LogP contribution in [0.1, 0.15) is 22.4 Å². The third-order valence-electron chi connectivity index (χ3n) is 5.68. The second kappa shape index (κ2) is 10.0. The number of hydrogen-bond donors (Lipinski definition) is 2. The summed E-state index contributed by atoms with van der Waals surface area (Å²) in [5, 5.41) is 21.0. The van der Waals surface area contributed by atoms with Gasteiger partial charge in [0, 0.05) is 17.8 Å². The Morgan fingerprint density at radius 2 is 1.89 bits per heavy atom. The van der Waals surface area contributed by atoms with Gasteiger partial charge in [0.15, 0.2) is 0 Å². The summed E-state index contributed by atoms with van der Waals surface area (Å²) in [5.41, 5.74) is -0.305. The zero-order valence-electron chi connectivity index (χ0n) is 19.2. The Bertz CT molecular complexity index is 1390. The van der Waals surface area contributed by atoms with Gasteiger partial charge in [0.05, 0.1) is 41.3 Å². The van der Waals surface area contributed by atoms with Gasteiger partial charge in [-0.05, 0) is 36.8 Å². The van der Waals surface area contributed by atoms with Gasteiger partial charge in [0.25, 0.3) is 0 Å². The topological polar surface area (TPSA) is 118 Å². The molecule has 15 heteroatoms. The summed E-state index contributed by atoms with van der Waals surface area (Å²) in [4.78, 5) is 25.4. The predicted octanol–water partition coefficient (Wildman–Crippen LogP) is 5.12. The fraction of sp³-hybridized carbons (Fsp3) is 0.261. The van der Waals surface area contributed by atoms with Crippen molar-refractivity contribution < 1.29 is 36.2 Å². The Hall–Kier alpha value is -4.61. The summed E-state index contributed by atoms with van der Waals surface area (Å²) in [6, 6.07) is 7.48. The number of carbonyl (C=O) groups is 1. The highest BCUT2D eigenvalue weighted by Crippen LogP contribution is 2.36. The molecular weight excluding hydrogens is 520 g/mol. The molecule has 0 bridgehead atoms. The SMILES string of the molecule is N#Cc1ccc(N2CCc3c(ncnc3Nc3ccc(N(CC(F)(F)F)C(=O)O)cn3)C2)cc1C(F)(F)F. The number of nitrogens with zero attached hydrogens (tertiary/aromatic N) is 6. The smallest absolute Gasteiger partial charge is 0.417 e. The van der Waals surface area contributed by atoms with Crippen molar-refractivity contribution in [2.75, 3.05) is 28.2 Å². The largest absolute Gasteiger partial charge is 0.465 e. The molecule has 0 spiro atoms. The molecule has 3 aromatic rings. The van der Waals surface area contributed by atoms with Crippen molar-refractivity contribution in [1.82, 2.24) is 15.0 Å². The average Bonchev–Trinajstić information content (AvgIpc) is 2.86. The van der Waals surface area contributed by atoms with E-state index in [0.29, 0.717) is 30.0 Å². The molecule has 0 aliphatic carbocycles. The Balaban J connectivity index is 1.53. The number of anilines is 4. The highest BCUT2D eigenvalue weighted by molar-refractivity contribution is 5.86. The lowest BCUT2D eigenvalue weighted by Crippen LogP contribution is -2.38. The molecule has 0 fully saturated rings. The van der Waals surface area contributed by atoms with Crippen molar-refractivity contribution in [3.63, 3.8) is 0 Å². The predicted molar refractivity (Wildman–Crippen MR) is 122 cm³/mol. The molecule has 1 aromatic carbocycles. The van der Waals surface area contributed by atoms with Crippen LogP contribution in [0, 0.1) is 11.3 Å². The lowest BCUT2D eigenvalue weighted by Gasteiger charge is -2.31. The van der Waals surface area contributed by atoms with E-state index in [1.807, 2.05) is 0 Å². The number of pyridine rings is 1. The van der Waals surface area contributed by atoms with Crippen LogP contribution in [-0.4, -0.2) is 45.4 Å². The molecule has 198 valence electrons. The third kappa shape index (κ3) is 5.85. The Labute approximate surface area is 211 Å². The molecule has 1 aliphatic heterocycles. The quantitative estimate of drug-likeness (QED) is 0.431. The van der Waals surface area contributed by atoms with Crippen molar-refractivity contribution in [1.29, 1.82) is 5.26 Å². The standard InChI is InChI=1S/C23H17F6N7O2/c24-22(25,26)11-36(21(37)38)15-3-4-19(31-9-15)34-20-16-5-6-35(10-18(16)32-12-33-20)14-2-1-13(8-30)17(7-14)23(27,28)29/h1-4,7,9,12H,5-6,10-11H2,(H,37,38)(H,31,32,33,34). The van der Waals surface area contributed by atoms with Crippen molar-refractivity contribution in [2.24, 2.45) is 0 Å². The minimum absolute atomic E-state index is 0.116. The molecule has 0 unspecified atom stereocenters. The molecule has 2 N–H and O–H groups in total. The molecule has 9 nitrogen and oxygen atoms in total. The normalized spacial score (nSPS) is 13.4. The van der Waals surface area contributed by atoms with Crippen LogP contribution in [0.5, 0.6) is 0 Å². The number of alkyl halides is 6. The molecule has 3 heterocycles. The van der Waals surface area contributed by atoms with Crippen LogP contribution < -0.4 is 15.1 Å². The summed E-state index contributed by atoms with van der Waals surface area (Å²) >= 11 is 0. The number of benzene rings is 1. The van der Waals surface area contributed by atoms with E-state index < -0.39 is 36.1 Å². The van der Waals surface area contributed by atoms with Gasteiger partial charge in [-0.2, -0.15) is 31.6 Å². The summed E-state index contributed by atoms with van der Waals surface area (Å²) in [6.07, 6.45) is -8.66. The highest BCUT2D eigenvalue weighted by atomic mass is 19.4. The number of nitrogens with one attached hydrogen (secondary N) is 1. The molecule has 2 aromatic heterocycles. The molecule has 38 heavy (non-hydrogen) atoms. The first kappa shape index (κ1) is 26.5. The molecule has 1 amide bonds. The maximum atomic E-state index is 13.4. The van der Waals surface area contributed by atoms with E-state index >= 15 is 0 Å². The van der Waals surface area contributed by atoms with Gasteiger partial charge in [-0.3, -0.25) is 4.90 Å². The zero-order valence-corrected chi connectivity index (χ0v) is 19.2. The lowest BCUT2D eigenvalue weighted by atomic mass is 10.0. The van der Waals surface area contributed by atoms with Gasteiger partial charge in [-0.25, -0.2) is 19.7 Å². The summed E-state index contributed by atoms with van der Waals surface area (Å²) in [5.74, 6) is 0.521. The molecule has 0 radical (unpaired) electrons. The molecule has 4 rings (SSSR count). The van der Waals surface area contributed by atoms with Gasteiger partial charge in [-0.1, -0.05) is 0 Å². The summed E-state index contributed by atoms with van der Waals surface area (Å²) in [6.45, 7) is -1.22. The second-order valence-corrected chi connectivity index (χ2v) is 8.17. The van der Waals surface area contributed by atoms with E-state index in [4.69, 9.17) is 10.4 Å². The van der Waals surface area contributed by atoms with Crippen LogP contribution in [0.3, 0.4) is 0 Å². The maximum Gasteiger partial charge on any atom is 0.417 e. The molecular formula is C23H17F6N7O2. The van der Waals surface area contributed by atoms with Crippen LogP contribution in [0.4, 0.5) is 54.1 Å². The van der Waals surface area contributed by atoms with Gasteiger partial charge < -0.3 is 15.3 Å². The van der Waals surface area contributed by atoms with Gasteiger partial charge in [-0.15, -0.1) is 0 Å². The van der Waals surface area contributed by atoms with Gasteiger partial charge in [0.1, 0.15) is 24.5 Å². The van der Waals surface area contributed by atoms with Crippen molar-refractivity contribution in [3.8, 4) is 6.07 Å². The Kier molecular flexibility index (Phi) is 6.99. The number of nitriles is 1. The lowest BCUT2D eigenvalue weighted by molar-refractivity contribution is -0.137. The minimum atomic E-state index is -4.74. The number of halogens is 6. The van der Waals surface area contributed by atoms with E-state index in [1.54, 1.807) is 11.0 Å². The fourth-order valence-electron chi connectivity index (χ4n) is 3.93. The highest BCUT2D eigenvalue weighted by Gasteiger charge is 2.35. The summed E-state index contributed by atoms with van der Waals surface area (Å²) in [7, 11) is 0. The van der Waals surface area contributed by atoms with Crippen molar-refractivity contribution in [2.45, 2.75) is 25.3 Å². The second-order valence-electron chi connectivity index (χ2n) is 8.17. The minimum Gasteiger partial charge on any atom is -0.465 e. The van der Waals surface area contributed by atoms with E-state index in [1.165, 1.54) is 18.5 Å². The number of fused-ring (bicyclic) bond motifs is 1. The number of carboxylic acid groups (broad SMARTS) is 1. The van der Waals surface area contributed by atoms with Crippen LogP contribution in [0.15, 0.2) is 42.9 Å². The van der Waals surface area contributed by atoms with Crippen molar-refractivity contribution >= 4 is 29.1 Å². The van der Waals surface area contributed by atoms with Crippen LogP contribution in [-0.2, 0) is 19.1 Å². The Morgan fingerprint density at radius 3 is 2.50 bits per heavy atom. The fourth-order valence-corrected chi connectivity index (χ4v) is 3.93. The van der Waals surface area contributed by atoms with E-state index in [-0.39, 0.29) is 28.6 Å². The van der Waals surface area contributed by atoms with Gasteiger partial charge >= 0.3 is 18.4 Å². The Morgan fingerprint density at radius 1 is 1.13 bits per heavy atom. The summed E-state index contributed by atoms with van der Waals surface area (Å²) < 4.78 is 78.2. The average molecular weight is 537 g/mol. The van der Waals surface area contributed by atoms with E-state index in [9.17, 15) is 31.1 Å². The first-order chi connectivity index (χ1) is 17.9. The first-order valence-electron chi connectivity index (χ1n) is 10.8. The van der Waals surface area contributed by atoms with Crippen LogP contribution in [0.25, 0.3) is 0 Å². The number of aromatic nitrogens is 3. The number of amides is 1. The third-order valence-corrected chi connectivity index (χ3v) is 5.68. The van der Waals surface area contributed by atoms with Crippen LogP contribution >= 0.6 is 0 Å². The van der Waals surface area contributed by atoms with E-state index in [2.05, 4.69) is 20.3 Å². The zero-order chi connectivity index (χ0) is 27.7. The molecule has 0 atom stereocenters. The van der Waals surface area contributed by atoms with Crippen molar-refractivity contribution in [3.05, 3.63) is 65.2 Å². The molecule has 0 saturated carbocycles. The maximum absolute atomic E-state index is 13.4. The van der Waals surface area contributed by atoms with E-state index in [0.717, 1.165) is 24.4 Å². The molecule has 1 aliphatic rings. The van der Waals surface area contributed by atoms with Crippen LogP contribution in [0.2, 0.25) is 0 Å². The number of hydrogen-bond acceptors (Lipinski definition) is 7. The first-order valence-corrected chi connectivity index (χ1v) is 10.8. The number of rotatable bonds is 5. The monoisotopic (exact) mass is 537 g/mol. The van der Waals surface area contributed by atoms with Gasteiger partial charge in [0.2, 0.25) is 0 Å².